The fourth-order valence-electron chi connectivity index (χ4n) is 1.54. The van der Waals surface area contributed by atoms with Gasteiger partial charge in [0.05, 0.1) is 27.4 Å². The summed E-state index contributed by atoms with van der Waals surface area (Å²) in [6.07, 6.45) is 2.04. The molecule has 0 aliphatic heterocycles. The summed E-state index contributed by atoms with van der Waals surface area (Å²) >= 11 is 0. The molecule has 0 aliphatic carbocycles. The molecule has 0 heterocycles. The minimum absolute atomic E-state index is 0.305. The van der Waals surface area contributed by atoms with E-state index in [9.17, 15) is 4.79 Å². The lowest BCUT2D eigenvalue weighted by molar-refractivity contribution is 0.368. The third-order valence-electron chi connectivity index (χ3n) is 2.39. The molecule has 0 spiro atoms. The van der Waals surface area contributed by atoms with Gasteiger partial charge in [-0.15, -0.1) is 0 Å². The van der Waals surface area contributed by atoms with Crippen LogP contribution in [0.1, 0.15) is 5.56 Å². The Kier molecular flexibility index (Phi) is 4.78. The lowest BCUT2D eigenvalue weighted by Gasteiger charge is -2.15. The average molecular weight is 238 g/mol. The number of nitrogens with two attached hydrogens (primary N) is 1. The SMILES string of the molecule is COc1cc(OC)c(C[C@@H](N)[C]=O)c(OC)c1. The molecule has 1 rings (SSSR count). The molecule has 5 nitrogen and oxygen atoms in total. The van der Waals surface area contributed by atoms with Crippen LogP contribution in [0.2, 0.25) is 0 Å². The number of benzene rings is 1. The van der Waals surface area contributed by atoms with E-state index in [0.717, 1.165) is 5.56 Å². The second kappa shape index (κ2) is 6.10. The van der Waals surface area contributed by atoms with E-state index in [1.165, 1.54) is 14.2 Å². The van der Waals surface area contributed by atoms with Crippen LogP contribution in [0, 0.1) is 0 Å². The van der Waals surface area contributed by atoms with Crippen LogP contribution in [-0.2, 0) is 11.2 Å². The number of ether oxygens (including phenoxy) is 3. The van der Waals surface area contributed by atoms with E-state index in [1.54, 1.807) is 25.5 Å². The smallest absolute Gasteiger partial charge is 0.217 e. The van der Waals surface area contributed by atoms with Gasteiger partial charge in [-0.1, -0.05) is 0 Å². The fourth-order valence-corrected chi connectivity index (χ4v) is 1.54. The van der Waals surface area contributed by atoms with Gasteiger partial charge in [0.2, 0.25) is 6.29 Å². The molecule has 2 N–H and O–H groups in total. The van der Waals surface area contributed by atoms with Crippen molar-refractivity contribution in [3.05, 3.63) is 17.7 Å². The molecule has 1 atom stereocenters. The molecule has 0 saturated heterocycles. The third kappa shape index (κ3) is 3.10. The first-order valence-corrected chi connectivity index (χ1v) is 5.08. The molecule has 93 valence electrons. The summed E-state index contributed by atoms with van der Waals surface area (Å²) in [6, 6.07) is 2.73. The van der Waals surface area contributed by atoms with Crippen molar-refractivity contribution in [3.8, 4) is 17.2 Å². The molecule has 17 heavy (non-hydrogen) atoms. The second-order valence-corrected chi connectivity index (χ2v) is 3.44. The van der Waals surface area contributed by atoms with E-state index in [4.69, 9.17) is 19.9 Å². The fraction of sp³-hybridized carbons (Fsp3) is 0.417. The zero-order valence-electron chi connectivity index (χ0n) is 10.1. The molecule has 1 aromatic rings. The van der Waals surface area contributed by atoms with Crippen molar-refractivity contribution in [2.24, 2.45) is 5.73 Å². The van der Waals surface area contributed by atoms with Crippen LogP contribution in [0.5, 0.6) is 17.2 Å². The van der Waals surface area contributed by atoms with Gasteiger partial charge in [0, 0.05) is 24.1 Å². The number of rotatable bonds is 6. The van der Waals surface area contributed by atoms with Gasteiger partial charge in [0.1, 0.15) is 17.2 Å². The molecule has 1 radical (unpaired) electrons. The third-order valence-corrected chi connectivity index (χ3v) is 2.39. The Morgan fingerprint density at radius 1 is 1.18 bits per heavy atom. The highest BCUT2D eigenvalue weighted by molar-refractivity contribution is 5.61. The van der Waals surface area contributed by atoms with Gasteiger partial charge in [-0.05, 0) is 0 Å². The Hall–Kier alpha value is -1.75. The molecule has 5 heteroatoms. The molecule has 0 bridgehead atoms. The topological polar surface area (TPSA) is 70.8 Å². The lowest BCUT2D eigenvalue weighted by Crippen LogP contribution is -2.24. The number of methoxy groups -OCH3 is 3. The maximum Gasteiger partial charge on any atom is 0.217 e. The first kappa shape index (κ1) is 13.3. The Bertz CT molecular complexity index is 367. The monoisotopic (exact) mass is 238 g/mol. The van der Waals surface area contributed by atoms with Gasteiger partial charge in [0.15, 0.2) is 0 Å². The molecule has 1 aromatic carbocycles. The molecule has 0 amide bonds. The summed E-state index contributed by atoms with van der Waals surface area (Å²) in [6.45, 7) is 0. The quantitative estimate of drug-likeness (QED) is 0.789. The van der Waals surface area contributed by atoms with Gasteiger partial charge < -0.3 is 19.9 Å². The summed E-state index contributed by atoms with van der Waals surface area (Å²) in [5, 5.41) is 0. The predicted molar refractivity (Wildman–Crippen MR) is 63.5 cm³/mol. The standard InChI is InChI=1S/C12H16NO4/c1-15-9-5-11(16-2)10(4-8(13)7-14)12(6-9)17-3/h5-6,8H,4,13H2,1-3H3/t8-/m1/s1. The molecular weight excluding hydrogens is 222 g/mol. The van der Waals surface area contributed by atoms with Crippen molar-refractivity contribution < 1.29 is 19.0 Å². The zero-order chi connectivity index (χ0) is 12.8. The maximum absolute atomic E-state index is 10.5. The van der Waals surface area contributed by atoms with Crippen LogP contribution in [0.3, 0.4) is 0 Å². The van der Waals surface area contributed by atoms with Crippen molar-refractivity contribution in [1.82, 2.24) is 0 Å². The van der Waals surface area contributed by atoms with Gasteiger partial charge in [-0.3, -0.25) is 4.79 Å². The minimum atomic E-state index is -0.703. The van der Waals surface area contributed by atoms with Crippen LogP contribution < -0.4 is 19.9 Å². The molecule has 0 unspecified atom stereocenters. The van der Waals surface area contributed by atoms with Gasteiger partial charge in [-0.25, -0.2) is 0 Å². The van der Waals surface area contributed by atoms with Crippen LogP contribution in [-0.4, -0.2) is 33.7 Å². The zero-order valence-corrected chi connectivity index (χ0v) is 10.1. The summed E-state index contributed by atoms with van der Waals surface area (Å²) in [7, 11) is 4.63. The van der Waals surface area contributed by atoms with Crippen molar-refractivity contribution in [3.63, 3.8) is 0 Å². The van der Waals surface area contributed by atoms with Crippen LogP contribution >= 0.6 is 0 Å². The Labute approximate surface area is 100 Å². The van der Waals surface area contributed by atoms with Crippen molar-refractivity contribution in [2.45, 2.75) is 12.5 Å². The molecular formula is C12H16NO4. The average Bonchev–Trinajstić information content (AvgIpc) is 2.38. The van der Waals surface area contributed by atoms with E-state index in [2.05, 4.69) is 0 Å². The van der Waals surface area contributed by atoms with E-state index < -0.39 is 6.04 Å². The van der Waals surface area contributed by atoms with E-state index >= 15 is 0 Å². The first-order valence-electron chi connectivity index (χ1n) is 5.08. The van der Waals surface area contributed by atoms with E-state index in [1.807, 2.05) is 0 Å². The maximum atomic E-state index is 10.5. The van der Waals surface area contributed by atoms with Crippen LogP contribution in [0.25, 0.3) is 0 Å². The van der Waals surface area contributed by atoms with Crippen molar-refractivity contribution >= 4 is 6.29 Å². The highest BCUT2D eigenvalue weighted by Crippen LogP contribution is 2.34. The van der Waals surface area contributed by atoms with E-state index in [-0.39, 0.29) is 0 Å². The van der Waals surface area contributed by atoms with Gasteiger partial charge >= 0.3 is 0 Å². The Morgan fingerprint density at radius 3 is 2.06 bits per heavy atom. The summed E-state index contributed by atoms with van der Waals surface area (Å²) in [5.74, 6) is 1.77. The molecule has 0 saturated carbocycles. The molecule has 0 fully saturated rings. The number of hydrogen-bond acceptors (Lipinski definition) is 5. The summed E-state index contributed by atoms with van der Waals surface area (Å²) in [5.41, 5.74) is 6.29. The highest BCUT2D eigenvalue weighted by atomic mass is 16.5. The van der Waals surface area contributed by atoms with Gasteiger partial charge in [0.25, 0.3) is 0 Å². The number of hydrogen-bond donors (Lipinski definition) is 1. The normalized spacial score (nSPS) is 11.8. The Morgan fingerprint density at radius 2 is 1.71 bits per heavy atom. The van der Waals surface area contributed by atoms with Crippen LogP contribution in [0.4, 0.5) is 0 Å². The largest absolute Gasteiger partial charge is 0.496 e. The molecule has 0 aliphatic rings. The lowest BCUT2D eigenvalue weighted by atomic mass is 10.0. The predicted octanol–water partition coefficient (Wildman–Crippen LogP) is 0.692. The summed E-state index contributed by atoms with van der Waals surface area (Å²) in [4.78, 5) is 10.5. The molecule has 0 aromatic heterocycles. The van der Waals surface area contributed by atoms with Crippen LogP contribution in [0.15, 0.2) is 12.1 Å². The van der Waals surface area contributed by atoms with Gasteiger partial charge in [-0.2, -0.15) is 0 Å². The highest BCUT2D eigenvalue weighted by Gasteiger charge is 2.16. The van der Waals surface area contributed by atoms with Crippen molar-refractivity contribution in [2.75, 3.05) is 21.3 Å². The number of carbonyl (C=O) groups excluding carboxylic acids is 1. The second-order valence-electron chi connectivity index (χ2n) is 3.44. The summed E-state index contributed by atoms with van der Waals surface area (Å²) < 4.78 is 15.6. The van der Waals surface area contributed by atoms with Crippen molar-refractivity contribution in [1.29, 1.82) is 0 Å². The minimum Gasteiger partial charge on any atom is -0.496 e. The first-order chi connectivity index (χ1) is 8.15. The Balaban J connectivity index is 3.19. The van der Waals surface area contributed by atoms with E-state index in [0.29, 0.717) is 23.7 Å².